The van der Waals surface area contributed by atoms with Gasteiger partial charge in [0.2, 0.25) is 0 Å². The Kier molecular flexibility index (Phi) is 4.30. The summed E-state index contributed by atoms with van der Waals surface area (Å²) < 4.78 is 5.09. The molecule has 0 unspecified atom stereocenters. The molecule has 0 aromatic heterocycles. The van der Waals surface area contributed by atoms with Crippen LogP contribution >= 0.6 is 34.8 Å². The fourth-order valence-electron chi connectivity index (χ4n) is 1.57. The highest BCUT2D eigenvalue weighted by molar-refractivity contribution is 6.42. The number of rotatable bonds is 3. The van der Waals surface area contributed by atoms with Crippen LogP contribution < -0.4 is 15.8 Å². The predicted molar refractivity (Wildman–Crippen MR) is 82.2 cm³/mol. The van der Waals surface area contributed by atoms with Crippen molar-refractivity contribution in [1.29, 1.82) is 0 Å². The maximum atomic E-state index is 6.05. The zero-order chi connectivity index (χ0) is 14.0. The van der Waals surface area contributed by atoms with E-state index in [2.05, 4.69) is 5.32 Å². The predicted octanol–water partition coefficient (Wildman–Crippen LogP) is 4.98. The van der Waals surface area contributed by atoms with Crippen molar-refractivity contribution < 1.29 is 4.74 Å². The zero-order valence-electron chi connectivity index (χ0n) is 10.0. The van der Waals surface area contributed by atoms with E-state index in [0.29, 0.717) is 32.2 Å². The van der Waals surface area contributed by atoms with Gasteiger partial charge in [-0.1, -0.05) is 34.8 Å². The van der Waals surface area contributed by atoms with Crippen molar-refractivity contribution in [3.8, 4) is 5.75 Å². The molecule has 2 rings (SSSR count). The highest BCUT2D eigenvalue weighted by atomic mass is 35.5. The Labute approximate surface area is 126 Å². The van der Waals surface area contributed by atoms with Crippen molar-refractivity contribution in [3.63, 3.8) is 0 Å². The summed E-state index contributed by atoms with van der Waals surface area (Å²) in [5.74, 6) is 0.606. The largest absolute Gasteiger partial charge is 0.495 e. The Bertz CT molecular complexity index is 617. The Morgan fingerprint density at radius 3 is 2.32 bits per heavy atom. The van der Waals surface area contributed by atoms with E-state index in [4.69, 9.17) is 45.3 Å². The van der Waals surface area contributed by atoms with Crippen molar-refractivity contribution in [2.24, 2.45) is 0 Å². The molecule has 19 heavy (non-hydrogen) atoms. The van der Waals surface area contributed by atoms with Crippen LogP contribution in [-0.4, -0.2) is 7.11 Å². The molecule has 100 valence electrons. The number of methoxy groups -OCH3 is 1. The van der Waals surface area contributed by atoms with E-state index in [1.165, 1.54) is 0 Å². The number of nitrogen functional groups attached to an aromatic ring is 1. The van der Waals surface area contributed by atoms with Crippen molar-refractivity contribution in [3.05, 3.63) is 45.4 Å². The number of anilines is 3. The van der Waals surface area contributed by atoms with E-state index in [-0.39, 0.29) is 0 Å². The van der Waals surface area contributed by atoms with Crippen molar-refractivity contribution in [1.82, 2.24) is 0 Å². The number of ether oxygens (including phenoxy) is 1. The first-order valence-corrected chi connectivity index (χ1v) is 6.49. The van der Waals surface area contributed by atoms with E-state index in [0.717, 1.165) is 5.69 Å². The summed E-state index contributed by atoms with van der Waals surface area (Å²) in [4.78, 5) is 0. The van der Waals surface area contributed by atoms with Gasteiger partial charge in [-0.15, -0.1) is 0 Å². The highest BCUT2D eigenvalue weighted by Crippen LogP contribution is 2.34. The number of halogens is 3. The first-order chi connectivity index (χ1) is 9.01. The lowest BCUT2D eigenvalue weighted by molar-refractivity contribution is 0.415. The molecule has 3 nitrogen and oxygen atoms in total. The molecule has 0 aliphatic heterocycles. The van der Waals surface area contributed by atoms with Crippen LogP contribution in [0.25, 0.3) is 0 Å². The fraction of sp³-hybridized carbons (Fsp3) is 0.0769. The van der Waals surface area contributed by atoms with Gasteiger partial charge in [0.05, 0.1) is 33.6 Å². The molecule has 0 saturated carbocycles. The molecule has 0 saturated heterocycles. The first kappa shape index (κ1) is 14.1. The zero-order valence-corrected chi connectivity index (χ0v) is 12.3. The number of hydrogen-bond donors (Lipinski definition) is 2. The molecule has 0 aliphatic carbocycles. The van der Waals surface area contributed by atoms with Gasteiger partial charge in [0.1, 0.15) is 5.75 Å². The summed E-state index contributed by atoms with van der Waals surface area (Å²) in [7, 11) is 1.56. The number of benzene rings is 2. The lowest BCUT2D eigenvalue weighted by atomic mass is 10.2. The van der Waals surface area contributed by atoms with Crippen molar-refractivity contribution in [2.45, 2.75) is 0 Å². The molecule has 0 radical (unpaired) electrons. The minimum absolute atomic E-state index is 0.414. The van der Waals surface area contributed by atoms with E-state index in [1.807, 2.05) is 6.07 Å². The molecule has 0 atom stereocenters. The average molecular weight is 318 g/mol. The third-order valence-electron chi connectivity index (χ3n) is 2.52. The van der Waals surface area contributed by atoms with Crippen molar-refractivity contribution in [2.75, 3.05) is 18.2 Å². The second-order valence-electron chi connectivity index (χ2n) is 3.83. The molecule has 2 aromatic carbocycles. The van der Waals surface area contributed by atoms with E-state index < -0.39 is 0 Å². The molecular formula is C13H11Cl3N2O. The Balaban J connectivity index is 2.31. The Morgan fingerprint density at radius 1 is 1.00 bits per heavy atom. The van der Waals surface area contributed by atoms with Gasteiger partial charge in [0, 0.05) is 5.69 Å². The van der Waals surface area contributed by atoms with Gasteiger partial charge in [0.25, 0.3) is 0 Å². The number of nitrogens with two attached hydrogens (primary N) is 1. The van der Waals surface area contributed by atoms with E-state index in [1.54, 1.807) is 31.4 Å². The topological polar surface area (TPSA) is 47.3 Å². The second kappa shape index (κ2) is 5.78. The van der Waals surface area contributed by atoms with E-state index in [9.17, 15) is 0 Å². The van der Waals surface area contributed by atoms with Crippen LogP contribution in [0.3, 0.4) is 0 Å². The van der Waals surface area contributed by atoms with Gasteiger partial charge in [0.15, 0.2) is 0 Å². The molecule has 6 heteroatoms. The van der Waals surface area contributed by atoms with E-state index >= 15 is 0 Å². The normalized spacial score (nSPS) is 10.3. The number of nitrogens with one attached hydrogen (secondary N) is 1. The summed E-state index contributed by atoms with van der Waals surface area (Å²) in [5, 5.41) is 4.47. The minimum atomic E-state index is 0.414. The monoisotopic (exact) mass is 316 g/mol. The van der Waals surface area contributed by atoms with Gasteiger partial charge < -0.3 is 15.8 Å². The summed E-state index contributed by atoms with van der Waals surface area (Å²) >= 11 is 17.9. The van der Waals surface area contributed by atoms with Crippen LogP contribution in [0.15, 0.2) is 30.3 Å². The Morgan fingerprint density at radius 2 is 1.68 bits per heavy atom. The maximum absolute atomic E-state index is 6.05. The fourth-order valence-corrected chi connectivity index (χ4v) is 2.16. The lowest BCUT2D eigenvalue weighted by Gasteiger charge is -2.12. The third-order valence-corrected chi connectivity index (χ3v) is 3.54. The van der Waals surface area contributed by atoms with Gasteiger partial charge in [-0.25, -0.2) is 0 Å². The first-order valence-electron chi connectivity index (χ1n) is 5.36. The summed E-state index contributed by atoms with van der Waals surface area (Å²) in [5.41, 5.74) is 7.81. The molecule has 0 bridgehead atoms. The molecule has 0 aliphatic rings. The van der Waals surface area contributed by atoms with Gasteiger partial charge >= 0.3 is 0 Å². The standard InChI is InChI=1S/C13H11Cl3N2O/c1-19-13-3-2-7(4-10(13)16)18-12-6-9(15)8(14)5-11(12)17/h2-6,18H,17H2,1H3. The quantitative estimate of drug-likeness (QED) is 0.785. The van der Waals surface area contributed by atoms with Crippen LogP contribution in [0.4, 0.5) is 17.1 Å². The van der Waals surface area contributed by atoms with Crippen LogP contribution in [0.1, 0.15) is 0 Å². The summed E-state index contributed by atoms with van der Waals surface area (Å²) in [6.07, 6.45) is 0. The van der Waals surface area contributed by atoms with Gasteiger partial charge in [-0.05, 0) is 30.3 Å². The molecule has 0 fully saturated rings. The summed E-state index contributed by atoms with van der Waals surface area (Å²) in [6, 6.07) is 8.59. The molecular weight excluding hydrogens is 307 g/mol. The summed E-state index contributed by atoms with van der Waals surface area (Å²) in [6.45, 7) is 0. The lowest BCUT2D eigenvalue weighted by Crippen LogP contribution is -1.97. The molecule has 0 heterocycles. The van der Waals surface area contributed by atoms with Crippen LogP contribution in [0.5, 0.6) is 5.75 Å². The van der Waals surface area contributed by atoms with Gasteiger partial charge in [-0.3, -0.25) is 0 Å². The third kappa shape index (κ3) is 3.18. The maximum Gasteiger partial charge on any atom is 0.137 e. The second-order valence-corrected chi connectivity index (χ2v) is 5.05. The SMILES string of the molecule is COc1ccc(Nc2cc(Cl)c(Cl)cc2N)cc1Cl. The highest BCUT2D eigenvalue weighted by Gasteiger charge is 2.07. The Hall–Kier alpha value is -1.29. The molecule has 0 spiro atoms. The van der Waals surface area contributed by atoms with Crippen LogP contribution in [-0.2, 0) is 0 Å². The van der Waals surface area contributed by atoms with Crippen LogP contribution in [0.2, 0.25) is 15.1 Å². The molecule has 0 amide bonds. The van der Waals surface area contributed by atoms with Gasteiger partial charge in [-0.2, -0.15) is 0 Å². The number of hydrogen-bond acceptors (Lipinski definition) is 3. The average Bonchev–Trinajstić information content (AvgIpc) is 2.36. The minimum Gasteiger partial charge on any atom is -0.495 e. The van der Waals surface area contributed by atoms with Crippen molar-refractivity contribution >= 4 is 51.9 Å². The molecule has 3 N–H and O–H groups in total. The van der Waals surface area contributed by atoms with Crippen LogP contribution in [0, 0.1) is 0 Å². The smallest absolute Gasteiger partial charge is 0.137 e. The molecule has 2 aromatic rings.